The van der Waals surface area contributed by atoms with Crippen molar-refractivity contribution in [2.45, 2.75) is 57.9 Å². The summed E-state index contributed by atoms with van der Waals surface area (Å²) in [6.45, 7) is 6.04. The monoisotopic (exact) mass is 367 g/mol. The maximum Gasteiger partial charge on any atom is 0.191 e. The first-order valence-corrected chi connectivity index (χ1v) is 10.2. The molecule has 3 rings (SSSR count). The Morgan fingerprint density at radius 2 is 1.89 bits per heavy atom. The summed E-state index contributed by atoms with van der Waals surface area (Å²) in [6.07, 6.45) is 5.73. The van der Waals surface area contributed by atoms with E-state index in [0.717, 1.165) is 31.9 Å². The van der Waals surface area contributed by atoms with Gasteiger partial charge in [-0.25, -0.2) is 0 Å². The predicted octanol–water partition coefficient (Wildman–Crippen LogP) is 3.33. The smallest absolute Gasteiger partial charge is 0.191 e. The fourth-order valence-corrected chi connectivity index (χ4v) is 4.20. The molecule has 0 bridgehead atoms. The Morgan fingerprint density at radius 3 is 2.44 bits per heavy atom. The van der Waals surface area contributed by atoms with Crippen molar-refractivity contribution in [3.8, 4) is 0 Å². The summed E-state index contributed by atoms with van der Waals surface area (Å²) < 4.78 is 2.02. The summed E-state index contributed by atoms with van der Waals surface area (Å²) in [5.74, 6) is 0.866. The maximum absolute atomic E-state index is 4.67. The number of rotatable bonds is 7. The Morgan fingerprint density at radius 1 is 1.15 bits per heavy atom. The van der Waals surface area contributed by atoms with Crippen LogP contribution < -0.4 is 10.6 Å². The van der Waals surface area contributed by atoms with E-state index >= 15 is 0 Å². The van der Waals surface area contributed by atoms with Gasteiger partial charge in [0.25, 0.3) is 0 Å². The number of hydrogen-bond acceptors (Lipinski definition) is 2. The molecule has 0 radical (unpaired) electrons. The Labute approximate surface area is 163 Å². The van der Waals surface area contributed by atoms with E-state index in [2.05, 4.69) is 64.9 Å². The van der Waals surface area contributed by atoms with Crippen LogP contribution in [0, 0.1) is 0 Å². The quantitative estimate of drug-likeness (QED) is 0.583. The van der Waals surface area contributed by atoms with E-state index in [0.29, 0.717) is 0 Å². The predicted molar refractivity (Wildman–Crippen MR) is 112 cm³/mol. The molecule has 2 N–H and O–H groups in total. The van der Waals surface area contributed by atoms with Gasteiger partial charge in [0.2, 0.25) is 0 Å². The van der Waals surface area contributed by atoms with Gasteiger partial charge in [0.1, 0.15) is 0 Å². The summed E-state index contributed by atoms with van der Waals surface area (Å²) in [7, 11) is 3.88. The van der Waals surface area contributed by atoms with Gasteiger partial charge >= 0.3 is 0 Å². The molecule has 0 atom stereocenters. The van der Waals surface area contributed by atoms with Gasteiger partial charge in [0.05, 0.1) is 5.69 Å². The molecule has 0 unspecified atom stereocenters. The Hall–Kier alpha value is -2.30. The van der Waals surface area contributed by atoms with E-state index < -0.39 is 0 Å². The summed E-state index contributed by atoms with van der Waals surface area (Å²) in [5, 5.41) is 11.7. The third-order valence-corrected chi connectivity index (χ3v) is 5.98. The van der Waals surface area contributed by atoms with Crippen LogP contribution in [0.3, 0.4) is 0 Å². The van der Waals surface area contributed by atoms with Crippen LogP contribution in [0.15, 0.2) is 35.3 Å². The third kappa shape index (κ3) is 4.02. The minimum atomic E-state index is 0.246. The molecule has 5 heteroatoms. The Kier molecular flexibility index (Phi) is 6.19. The van der Waals surface area contributed by atoms with Crippen LogP contribution >= 0.6 is 0 Å². The van der Waals surface area contributed by atoms with Gasteiger partial charge in [-0.1, -0.05) is 50.6 Å². The first kappa shape index (κ1) is 19.5. The van der Waals surface area contributed by atoms with Gasteiger partial charge in [-0.2, -0.15) is 5.10 Å². The van der Waals surface area contributed by atoms with Crippen LogP contribution in [0.25, 0.3) is 0 Å². The second-order valence-corrected chi connectivity index (χ2v) is 7.48. The number of aryl methyl sites for hydroxylation is 2. The van der Waals surface area contributed by atoms with Crippen LogP contribution in [0.4, 0.5) is 0 Å². The van der Waals surface area contributed by atoms with Crippen molar-refractivity contribution in [2.75, 3.05) is 13.6 Å². The molecule has 146 valence electrons. The highest BCUT2D eigenvalue weighted by Gasteiger charge is 2.38. The molecular formula is C22H33N5. The second-order valence-electron chi connectivity index (χ2n) is 7.48. The molecule has 0 saturated heterocycles. The van der Waals surface area contributed by atoms with Crippen molar-refractivity contribution in [3.63, 3.8) is 0 Å². The number of hydrogen-bond donors (Lipinski definition) is 2. The average molecular weight is 368 g/mol. The van der Waals surface area contributed by atoms with Crippen LogP contribution in [0.2, 0.25) is 0 Å². The fourth-order valence-electron chi connectivity index (χ4n) is 4.20. The van der Waals surface area contributed by atoms with Crippen LogP contribution in [0.5, 0.6) is 0 Å². The van der Waals surface area contributed by atoms with Crippen LogP contribution in [-0.2, 0) is 31.8 Å². The lowest BCUT2D eigenvalue weighted by Crippen LogP contribution is -2.48. The van der Waals surface area contributed by atoms with Gasteiger partial charge in [-0.15, -0.1) is 0 Å². The Bertz CT molecular complexity index is 772. The molecule has 1 saturated carbocycles. The summed E-state index contributed by atoms with van der Waals surface area (Å²) in [6, 6.07) is 10.9. The number of aromatic nitrogens is 2. The van der Waals surface area contributed by atoms with E-state index in [9.17, 15) is 0 Å². The maximum atomic E-state index is 4.67. The summed E-state index contributed by atoms with van der Waals surface area (Å²) in [5.41, 5.74) is 5.47. The minimum absolute atomic E-state index is 0.246. The molecule has 1 fully saturated rings. The highest BCUT2D eigenvalue weighted by Crippen LogP contribution is 2.43. The van der Waals surface area contributed by atoms with Crippen molar-refractivity contribution in [1.82, 2.24) is 20.4 Å². The zero-order valence-electron chi connectivity index (χ0n) is 17.2. The lowest BCUT2D eigenvalue weighted by atomic mass is 9.64. The van der Waals surface area contributed by atoms with Crippen LogP contribution in [0.1, 0.15) is 55.6 Å². The zero-order valence-corrected chi connectivity index (χ0v) is 17.2. The van der Waals surface area contributed by atoms with Gasteiger partial charge < -0.3 is 10.6 Å². The van der Waals surface area contributed by atoms with E-state index in [1.165, 1.54) is 41.8 Å². The molecule has 0 spiro atoms. The number of nitrogens with one attached hydrogen (secondary N) is 2. The topological polar surface area (TPSA) is 54.2 Å². The Balaban J connectivity index is 1.64. The molecule has 0 amide bonds. The fraction of sp³-hybridized carbons (Fsp3) is 0.545. The molecule has 2 aromatic rings. The molecule has 1 aliphatic rings. The first-order valence-electron chi connectivity index (χ1n) is 10.2. The molecule has 1 heterocycles. The molecular weight excluding hydrogens is 334 g/mol. The first-order chi connectivity index (χ1) is 13.1. The second kappa shape index (κ2) is 8.59. The molecule has 1 aromatic carbocycles. The number of aliphatic imine (C=N–C) groups is 1. The lowest BCUT2D eigenvalue weighted by Gasteiger charge is -2.43. The standard InChI is InChI=1S/C22H33N5/c1-5-19-18(20(6-2)27(4)26-19)15-24-21(23-3)25-16-22(13-10-14-22)17-11-8-7-9-12-17/h7-9,11-12H,5-6,10,13-16H2,1-4H3,(H2,23,24,25). The van der Waals surface area contributed by atoms with E-state index in [1.54, 1.807) is 0 Å². The number of benzene rings is 1. The van der Waals surface area contributed by atoms with Gasteiger partial charge in [-0.05, 0) is 31.2 Å². The van der Waals surface area contributed by atoms with E-state index in [1.807, 2.05) is 18.8 Å². The average Bonchev–Trinajstić information content (AvgIpc) is 2.98. The summed E-state index contributed by atoms with van der Waals surface area (Å²) >= 11 is 0. The molecule has 1 aliphatic carbocycles. The van der Waals surface area contributed by atoms with Gasteiger partial charge in [-0.3, -0.25) is 9.67 Å². The molecule has 27 heavy (non-hydrogen) atoms. The normalized spacial score (nSPS) is 16.1. The minimum Gasteiger partial charge on any atom is -0.356 e. The van der Waals surface area contributed by atoms with Crippen molar-refractivity contribution >= 4 is 5.96 Å². The number of nitrogens with zero attached hydrogens (tertiary/aromatic N) is 3. The molecule has 5 nitrogen and oxygen atoms in total. The highest BCUT2D eigenvalue weighted by molar-refractivity contribution is 5.79. The van der Waals surface area contributed by atoms with Crippen molar-refractivity contribution in [1.29, 1.82) is 0 Å². The van der Waals surface area contributed by atoms with Crippen LogP contribution in [-0.4, -0.2) is 29.3 Å². The van der Waals surface area contributed by atoms with Gasteiger partial charge in [0, 0.05) is 43.9 Å². The molecule has 1 aromatic heterocycles. The van der Waals surface area contributed by atoms with Gasteiger partial charge in [0.15, 0.2) is 5.96 Å². The SMILES string of the molecule is CCc1nn(C)c(CC)c1CNC(=NC)NCC1(c2ccccc2)CCC1. The van der Waals surface area contributed by atoms with Crippen molar-refractivity contribution in [3.05, 3.63) is 52.8 Å². The summed E-state index contributed by atoms with van der Waals surface area (Å²) in [4.78, 5) is 4.44. The largest absolute Gasteiger partial charge is 0.356 e. The van der Waals surface area contributed by atoms with E-state index in [-0.39, 0.29) is 5.41 Å². The molecule has 0 aliphatic heterocycles. The third-order valence-electron chi connectivity index (χ3n) is 5.98. The zero-order chi connectivity index (χ0) is 19.3. The number of guanidine groups is 1. The lowest BCUT2D eigenvalue weighted by molar-refractivity contribution is 0.244. The van der Waals surface area contributed by atoms with Crippen molar-refractivity contribution in [2.24, 2.45) is 12.0 Å². The van der Waals surface area contributed by atoms with E-state index in [4.69, 9.17) is 0 Å². The van der Waals surface area contributed by atoms with Crippen molar-refractivity contribution < 1.29 is 0 Å². The highest BCUT2D eigenvalue weighted by atomic mass is 15.3.